The largest absolute Gasteiger partial charge is 0.467 e. The highest BCUT2D eigenvalue weighted by atomic mass is 19.4. The molecule has 2 aliphatic rings. The second-order valence-electron chi connectivity index (χ2n) is 7.53. The molecule has 1 atom stereocenters. The SMILES string of the molecule is COc1nc2c(c(N3CCNCC(=O)C3)n1)COC(c1c(C(F)(F)F)ccc(N)c1F)C2. The van der Waals surface area contributed by atoms with Crippen molar-refractivity contribution in [3.8, 4) is 6.01 Å². The normalized spacial score (nSPS) is 19.5. The van der Waals surface area contributed by atoms with E-state index in [1.165, 1.54) is 7.11 Å². The van der Waals surface area contributed by atoms with Crippen molar-refractivity contribution < 1.29 is 31.8 Å². The maximum absolute atomic E-state index is 14.7. The second-order valence-corrected chi connectivity index (χ2v) is 7.53. The summed E-state index contributed by atoms with van der Waals surface area (Å²) in [6.45, 7) is 1.19. The molecule has 0 bridgehead atoms. The van der Waals surface area contributed by atoms with Crippen LogP contribution in [0.4, 0.5) is 29.1 Å². The number of ketones is 1. The monoisotopic (exact) mass is 455 g/mol. The van der Waals surface area contributed by atoms with Gasteiger partial charge in [0, 0.05) is 30.6 Å². The van der Waals surface area contributed by atoms with Gasteiger partial charge in [0.05, 0.1) is 49.9 Å². The number of nitrogen functional groups attached to an aromatic ring is 1. The molecule has 3 heterocycles. The Labute approximate surface area is 180 Å². The van der Waals surface area contributed by atoms with Crippen molar-refractivity contribution in [3.63, 3.8) is 0 Å². The van der Waals surface area contributed by atoms with E-state index in [0.717, 1.165) is 12.1 Å². The average Bonchev–Trinajstić information content (AvgIpc) is 2.97. The number of nitrogens with two attached hydrogens (primary N) is 1. The molecule has 0 saturated carbocycles. The van der Waals surface area contributed by atoms with Crippen LogP contribution in [0.5, 0.6) is 6.01 Å². The van der Waals surface area contributed by atoms with Crippen LogP contribution in [0.3, 0.4) is 0 Å². The molecule has 1 aromatic heterocycles. The van der Waals surface area contributed by atoms with Gasteiger partial charge in [0.2, 0.25) is 0 Å². The number of hydrogen-bond acceptors (Lipinski definition) is 8. The van der Waals surface area contributed by atoms with Gasteiger partial charge in [-0.2, -0.15) is 23.1 Å². The molecule has 32 heavy (non-hydrogen) atoms. The predicted octanol–water partition coefficient (Wildman–Crippen LogP) is 2.02. The molecule has 1 saturated heterocycles. The molecule has 0 aliphatic carbocycles. The number of benzene rings is 1. The first-order valence-corrected chi connectivity index (χ1v) is 9.86. The van der Waals surface area contributed by atoms with Gasteiger partial charge in [-0.05, 0) is 12.1 Å². The Kier molecular flexibility index (Phi) is 5.91. The van der Waals surface area contributed by atoms with Crippen LogP contribution < -0.4 is 20.7 Å². The standard InChI is InChI=1S/C20H21F4N5O3/c1-31-19-27-14-6-15(16-12(20(22,23)24)2-3-13(25)17(16)21)32-9-11(14)18(28-19)29-5-4-26-7-10(30)8-29/h2-3,15,26H,4-9,25H2,1H3. The molecule has 172 valence electrons. The fourth-order valence-corrected chi connectivity index (χ4v) is 3.91. The highest BCUT2D eigenvalue weighted by Crippen LogP contribution is 2.42. The lowest BCUT2D eigenvalue weighted by Gasteiger charge is -2.31. The Bertz CT molecular complexity index is 1050. The van der Waals surface area contributed by atoms with Gasteiger partial charge in [0.25, 0.3) is 0 Å². The number of aromatic nitrogens is 2. The van der Waals surface area contributed by atoms with Crippen LogP contribution >= 0.6 is 0 Å². The number of Topliss-reactive ketones (excluding diaryl/α,β-unsaturated/α-hetero) is 1. The van der Waals surface area contributed by atoms with Gasteiger partial charge in [-0.1, -0.05) is 0 Å². The molecule has 3 N–H and O–H groups in total. The summed E-state index contributed by atoms with van der Waals surface area (Å²) in [6, 6.07) is 1.62. The van der Waals surface area contributed by atoms with Crippen molar-refractivity contribution in [2.75, 3.05) is 43.9 Å². The number of fused-ring (bicyclic) bond motifs is 1. The topological polar surface area (TPSA) is 103 Å². The minimum absolute atomic E-state index is 0.00634. The number of ether oxygens (including phenoxy) is 2. The van der Waals surface area contributed by atoms with Crippen molar-refractivity contribution in [3.05, 3.63) is 40.3 Å². The van der Waals surface area contributed by atoms with Gasteiger partial charge in [-0.25, -0.2) is 4.39 Å². The molecule has 0 spiro atoms. The van der Waals surface area contributed by atoms with Gasteiger partial charge >= 0.3 is 12.2 Å². The van der Waals surface area contributed by atoms with Crippen LogP contribution in [0.1, 0.15) is 28.5 Å². The van der Waals surface area contributed by atoms with Crippen molar-refractivity contribution in [1.29, 1.82) is 0 Å². The minimum Gasteiger partial charge on any atom is -0.467 e. The molecular weight excluding hydrogens is 434 g/mol. The summed E-state index contributed by atoms with van der Waals surface area (Å²) in [7, 11) is 1.36. The minimum atomic E-state index is -4.79. The first-order valence-electron chi connectivity index (χ1n) is 9.86. The third kappa shape index (κ3) is 4.19. The molecule has 0 amide bonds. The average molecular weight is 455 g/mol. The van der Waals surface area contributed by atoms with Crippen LogP contribution in [-0.2, 0) is 28.7 Å². The van der Waals surface area contributed by atoms with E-state index >= 15 is 0 Å². The summed E-state index contributed by atoms with van der Waals surface area (Å²) in [5, 5.41) is 3.01. The molecule has 0 radical (unpaired) electrons. The van der Waals surface area contributed by atoms with E-state index in [2.05, 4.69) is 15.3 Å². The summed E-state index contributed by atoms with van der Waals surface area (Å²) in [4.78, 5) is 22.4. The maximum Gasteiger partial charge on any atom is 0.416 e. The zero-order valence-corrected chi connectivity index (χ0v) is 17.1. The number of carbonyl (C=O) groups excluding carboxylic acids is 1. The molecule has 2 aromatic rings. The molecule has 1 unspecified atom stereocenters. The molecule has 2 aliphatic heterocycles. The van der Waals surface area contributed by atoms with Crippen molar-refractivity contribution in [1.82, 2.24) is 15.3 Å². The number of nitrogens with zero attached hydrogens (tertiary/aromatic N) is 3. The second kappa shape index (κ2) is 8.51. The number of methoxy groups -OCH3 is 1. The van der Waals surface area contributed by atoms with Crippen LogP contribution in [0.15, 0.2) is 12.1 Å². The van der Waals surface area contributed by atoms with E-state index in [-0.39, 0.29) is 37.9 Å². The Morgan fingerprint density at radius 1 is 1.31 bits per heavy atom. The zero-order chi connectivity index (χ0) is 23.0. The smallest absolute Gasteiger partial charge is 0.416 e. The van der Waals surface area contributed by atoms with Gasteiger partial charge in [-0.15, -0.1) is 0 Å². The number of alkyl halides is 3. The summed E-state index contributed by atoms with van der Waals surface area (Å²) in [6.07, 6.45) is -6.20. The third-order valence-electron chi connectivity index (χ3n) is 5.43. The Morgan fingerprint density at radius 3 is 2.81 bits per heavy atom. The quantitative estimate of drug-likeness (QED) is 0.536. The lowest BCUT2D eigenvalue weighted by Crippen LogP contribution is -2.33. The van der Waals surface area contributed by atoms with E-state index in [1.54, 1.807) is 4.90 Å². The van der Waals surface area contributed by atoms with Crippen molar-refractivity contribution in [2.24, 2.45) is 0 Å². The highest BCUT2D eigenvalue weighted by Gasteiger charge is 2.40. The van der Waals surface area contributed by atoms with Gasteiger partial charge in [0.1, 0.15) is 5.82 Å². The van der Waals surface area contributed by atoms with E-state index in [9.17, 15) is 22.4 Å². The van der Waals surface area contributed by atoms with Crippen LogP contribution in [0, 0.1) is 5.82 Å². The summed E-state index contributed by atoms with van der Waals surface area (Å²) in [5.74, 6) is -0.801. The lowest BCUT2D eigenvalue weighted by molar-refractivity contribution is -0.140. The summed E-state index contributed by atoms with van der Waals surface area (Å²) < 4.78 is 66.3. The Hall–Kier alpha value is -2.99. The molecule has 1 fully saturated rings. The molecule has 1 aromatic carbocycles. The van der Waals surface area contributed by atoms with Crippen LogP contribution in [0.25, 0.3) is 0 Å². The number of carbonyl (C=O) groups is 1. The van der Waals surface area contributed by atoms with Crippen molar-refractivity contribution in [2.45, 2.75) is 25.3 Å². The van der Waals surface area contributed by atoms with Crippen molar-refractivity contribution >= 4 is 17.3 Å². The molecular formula is C20H21F4N5O3. The van der Waals surface area contributed by atoms with Crippen LogP contribution in [-0.4, -0.2) is 49.0 Å². The molecule has 12 heteroatoms. The fraction of sp³-hybridized carbons (Fsp3) is 0.450. The first kappa shape index (κ1) is 22.2. The number of rotatable bonds is 3. The van der Waals surface area contributed by atoms with E-state index in [4.69, 9.17) is 15.2 Å². The highest BCUT2D eigenvalue weighted by molar-refractivity contribution is 5.85. The number of anilines is 2. The Balaban J connectivity index is 1.76. The number of halogens is 4. The molecule has 4 rings (SSSR count). The van der Waals surface area contributed by atoms with Gasteiger partial charge in [0.15, 0.2) is 11.6 Å². The predicted molar refractivity (Wildman–Crippen MR) is 106 cm³/mol. The third-order valence-corrected chi connectivity index (χ3v) is 5.43. The van der Waals surface area contributed by atoms with E-state index in [0.29, 0.717) is 30.2 Å². The van der Waals surface area contributed by atoms with Gasteiger partial charge in [-0.3, -0.25) is 4.79 Å². The number of hydrogen-bond donors (Lipinski definition) is 2. The maximum atomic E-state index is 14.7. The first-order chi connectivity index (χ1) is 15.2. The number of nitrogens with one attached hydrogen (secondary N) is 1. The Morgan fingerprint density at radius 2 is 2.09 bits per heavy atom. The van der Waals surface area contributed by atoms with E-state index < -0.39 is 34.9 Å². The van der Waals surface area contributed by atoms with Gasteiger partial charge < -0.3 is 25.4 Å². The summed E-state index contributed by atoms with van der Waals surface area (Å²) >= 11 is 0. The summed E-state index contributed by atoms with van der Waals surface area (Å²) in [5.41, 5.74) is 4.22. The fourth-order valence-electron chi connectivity index (χ4n) is 3.91. The molecule has 8 nitrogen and oxygen atoms in total. The zero-order valence-electron chi connectivity index (χ0n) is 17.1. The van der Waals surface area contributed by atoms with Crippen LogP contribution in [0.2, 0.25) is 0 Å². The lowest BCUT2D eigenvalue weighted by atomic mass is 9.94. The van der Waals surface area contributed by atoms with E-state index in [1.807, 2.05) is 0 Å².